The Balaban J connectivity index is 1.44. The molecule has 0 N–H and O–H groups in total. The average molecular weight is 548 g/mol. The van der Waals surface area contributed by atoms with E-state index in [-0.39, 0.29) is 0 Å². The second-order valence-corrected chi connectivity index (χ2v) is 11.6. The fourth-order valence-electron chi connectivity index (χ4n) is 7.86. The number of furan rings is 2. The first-order chi connectivity index (χ1) is 21.4. The lowest BCUT2D eigenvalue weighted by Crippen LogP contribution is -1.96. The van der Waals surface area contributed by atoms with Gasteiger partial charge in [0.05, 0.1) is 22.1 Å². The number of nitrogens with zero attached hydrogens (tertiary/aromatic N) is 1. The third kappa shape index (κ3) is 2.54. The van der Waals surface area contributed by atoms with Crippen LogP contribution in [0.15, 0.2) is 136 Å². The van der Waals surface area contributed by atoms with Gasteiger partial charge in [0, 0.05) is 32.3 Å². The van der Waals surface area contributed by atoms with Gasteiger partial charge in [0.2, 0.25) is 0 Å². The molecule has 0 fully saturated rings. The van der Waals surface area contributed by atoms with E-state index in [0.29, 0.717) is 0 Å². The fraction of sp³-hybridized carbons (Fsp3) is 0. The van der Waals surface area contributed by atoms with Crippen molar-refractivity contribution in [1.29, 1.82) is 0 Å². The molecule has 3 aromatic heterocycles. The number of hydrogen-bond acceptors (Lipinski definition) is 2. The first-order valence-electron chi connectivity index (χ1n) is 14.7. The minimum absolute atomic E-state index is 0.794. The quantitative estimate of drug-likeness (QED) is 0.205. The van der Waals surface area contributed by atoms with Gasteiger partial charge in [-0.2, -0.15) is 0 Å². The van der Waals surface area contributed by atoms with E-state index in [1.165, 1.54) is 49.5 Å². The van der Waals surface area contributed by atoms with Gasteiger partial charge in [0.25, 0.3) is 0 Å². The number of para-hydroxylation sites is 3. The Morgan fingerprint density at radius 2 is 0.930 bits per heavy atom. The monoisotopic (exact) mass is 547 g/mol. The summed E-state index contributed by atoms with van der Waals surface area (Å²) in [6, 6.07) is 45.6. The highest BCUT2D eigenvalue weighted by Crippen LogP contribution is 2.52. The smallest absolute Gasteiger partial charge is 0.180 e. The summed E-state index contributed by atoms with van der Waals surface area (Å²) >= 11 is 0. The van der Waals surface area contributed by atoms with Gasteiger partial charge in [-0.25, -0.2) is 0 Å². The molecule has 1 aliphatic carbocycles. The first kappa shape index (κ1) is 21.9. The lowest BCUT2D eigenvalue weighted by atomic mass is 10.0. The minimum Gasteiger partial charge on any atom is -0.452 e. The second kappa shape index (κ2) is 7.53. The predicted molar refractivity (Wildman–Crippen MR) is 177 cm³/mol. The van der Waals surface area contributed by atoms with E-state index in [2.05, 4.69) is 120 Å². The van der Waals surface area contributed by atoms with E-state index in [4.69, 9.17) is 8.83 Å². The van der Waals surface area contributed by atoms with E-state index in [1.807, 2.05) is 12.1 Å². The Kier molecular flexibility index (Phi) is 3.83. The Labute approximate surface area is 244 Å². The maximum Gasteiger partial charge on any atom is 0.180 e. The van der Waals surface area contributed by atoms with E-state index in [1.54, 1.807) is 0 Å². The molecule has 0 radical (unpaired) electrons. The summed E-state index contributed by atoms with van der Waals surface area (Å²) in [5.41, 5.74) is 12.0. The van der Waals surface area contributed by atoms with Crippen molar-refractivity contribution in [2.45, 2.75) is 0 Å². The fourth-order valence-corrected chi connectivity index (χ4v) is 7.86. The molecule has 10 aromatic rings. The van der Waals surface area contributed by atoms with Crippen LogP contribution < -0.4 is 0 Å². The van der Waals surface area contributed by atoms with E-state index in [0.717, 1.165) is 54.9 Å². The molecule has 43 heavy (non-hydrogen) atoms. The molecule has 0 saturated heterocycles. The standard InChI is InChI=1S/C40H21NO2/c1-2-11-23-22(10-1)24-15-9-16-26-31(21-20-25(23)34(24)26)41-30-17-6-3-12-27(30)35-36-28-13-4-7-18-32(28)42-39(36)40-37(38(35)41)29-14-5-8-19-33(29)43-40/h1-21H. The Morgan fingerprint density at radius 3 is 1.70 bits per heavy atom. The molecular weight excluding hydrogens is 526 g/mol. The van der Waals surface area contributed by atoms with Crippen molar-refractivity contribution in [3.05, 3.63) is 127 Å². The molecule has 0 aliphatic heterocycles. The number of benzene rings is 7. The summed E-state index contributed by atoms with van der Waals surface area (Å²) in [7, 11) is 0. The summed E-state index contributed by atoms with van der Waals surface area (Å²) in [5, 5.41) is 9.33. The molecule has 0 saturated carbocycles. The molecule has 0 unspecified atom stereocenters. The van der Waals surface area contributed by atoms with E-state index < -0.39 is 0 Å². The van der Waals surface area contributed by atoms with Gasteiger partial charge >= 0.3 is 0 Å². The highest BCUT2D eigenvalue weighted by atomic mass is 16.4. The van der Waals surface area contributed by atoms with Crippen LogP contribution in [0.2, 0.25) is 0 Å². The normalized spacial score (nSPS) is 12.7. The number of hydrogen-bond donors (Lipinski definition) is 0. The lowest BCUT2D eigenvalue weighted by Gasteiger charge is -2.14. The Bertz CT molecular complexity index is 2810. The van der Waals surface area contributed by atoms with E-state index >= 15 is 0 Å². The van der Waals surface area contributed by atoms with Crippen LogP contribution in [0.5, 0.6) is 0 Å². The highest BCUT2D eigenvalue weighted by molar-refractivity contribution is 6.38. The van der Waals surface area contributed by atoms with Gasteiger partial charge < -0.3 is 13.4 Å². The lowest BCUT2D eigenvalue weighted by molar-refractivity contribution is 0.633. The van der Waals surface area contributed by atoms with Gasteiger partial charge in [-0.15, -0.1) is 0 Å². The van der Waals surface area contributed by atoms with Crippen LogP contribution in [0.25, 0.3) is 104 Å². The number of rotatable bonds is 1. The molecule has 0 atom stereocenters. The molecule has 0 spiro atoms. The molecule has 3 heteroatoms. The van der Waals surface area contributed by atoms with Crippen LogP contribution >= 0.6 is 0 Å². The van der Waals surface area contributed by atoms with Crippen molar-refractivity contribution < 1.29 is 8.83 Å². The number of fused-ring (bicyclic) bond motifs is 15. The highest BCUT2D eigenvalue weighted by Gasteiger charge is 2.28. The maximum absolute atomic E-state index is 6.66. The summed E-state index contributed by atoms with van der Waals surface area (Å²) in [4.78, 5) is 0. The van der Waals surface area contributed by atoms with Crippen LogP contribution in [0.4, 0.5) is 0 Å². The molecule has 3 nitrogen and oxygen atoms in total. The third-order valence-electron chi connectivity index (χ3n) is 9.52. The van der Waals surface area contributed by atoms with Crippen molar-refractivity contribution >= 4 is 76.5 Å². The SMILES string of the molecule is c1ccc2c(c1)-c1cccc3c(-n4c5ccccc5c5c6c7ccccc7oc6c6oc7ccccc7c6c54)ccc-2c13. The summed E-state index contributed by atoms with van der Waals surface area (Å²) < 4.78 is 15.7. The molecular formula is C40H21NO2. The van der Waals surface area contributed by atoms with Crippen LogP contribution in [0, 0.1) is 0 Å². The molecule has 0 bridgehead atoms. The topological polar surface area (TPSA) is 31.2 Å². The molecule has 11 rings (SSSR count). The zero-order chi connectivity index (χ0) is 27.8. The maximum atomic E-state index is 6.66. The van der Waals surface area contributed by atoms with Crippen molar-refractivity contribution in [3.63, 3.8) is 0 Å². The van der Waals surface area contributed by atoms with Crippen molar-refractivity contribution in [2.75, 3.05) is 0 Å². The van der Waals surface area contributed by atoms with Crippen molar-refractivity contribution in [1.82, 2.24) is 4.57 Å². The summed E-state index contributed by atoms with van der Waals surface area (Å²) in [6.45, 7) is 0. The van der Waals surface area contributed by atoms with Crippen LogP contribution in [0.3, 0.4) is 0 Å². The molecule has 3 heterocycles. The number of aromatic nitrogens is 1. The molecule has 7 aromatic carbocycles. The van der Waals surface area contributed by atoms with Crippen LogP contribution in [-0.4, -0.2) is 4.57 Å². The van der Waals surface area contributed by atoms with E-state index in [9.17, 15) is 0 Å². The Hall–Kier alpha value is -5.80. The Morgan fingerprint density at radius 1 is 0.372 bits per heavy atom. The zero-order valence-corrected chi connectivity index (χ0v) is 22.9. The predicted octanol–water partition coefficient (Wildman–Crippen LogP) is 11.4. The van der Waals surface area contributed by atoms with Gasteiger partial charge in [0.1, 0.15) is 11.2 Å². The summed E-state index contributed by atoms with van der Waals surface area (Å²) in [6.07, 6.45) is 0. The van der Waals surface area contributed by atoms with Gasteiger partial charge in [-0.3, -0.25) is 0 Å². The largest absolute Gasteiger partial charge is 0.452 e. The van der Waals surface area contributed by atoms with Gasteiger partial charge in [-0.05, 0) is 51.9 Å². The van der Waals surface area contributed by atoms with Gasteiger partial charge in [0.15, 0.2) is 11.2 Å². The molecule has 0 amide bonds. The minimum atomic E-state index is 0.794. The molecule has 1 aliphatic rings. The first-order valence-corrected chi connectivity index (χ1v) is 14.7. The van der Waals surface area contributed by atoms with Crippen molar-refractivity contribution in [2.24, 2.45) is 0 Å². The van der Waals surface area contributed by atoms with Crippen molar-refractivity contribution in [3.8, 4) is 27.9 Å². The average Bonchev–Trinajstić information content (AvgIpc) is 3.80. The van der Waals surface area contributed by atoms with Crippen LogP contribution in [-0.2, 0) is 0 Å². The third-order valence-corrected chi connectivity index (χ3v) is 9.52. The zero-order valence-electron chi connectivity index (χ0n) is 22.9. The molecule has 198 valence electrons. The van der Waals surface area contributed by atoms with Gasteiger partial charge in [-0.1, -0.05) is 103 Å². The van der Waals surface area contributed by atoms with Crippen LogP contribution in [0.1, 0.15) is 0 Å². The second-order valence-electron chi connectivity index (χ2n) is 11.6. The summed E-state index contributed by atoms with van der Waals surface area (Å²) in [5.74, 6) is 0.